The summed E-state index contributed by atoms with van der Waals surface area (Å²) >= 11 is 0. The van der Waals surface area contributed by atoms with Crippen LogP contribution < -0.4 is 11.1 Å². The largest absolute Gasteiger partial charge is 0.469 e. The molecule has 0 aliphatic carbocycles. The number of allylic oxidation sites excluding steroid dienone is 2. The number of pyridine rings is 2. The molecule has 0 saturated carbocycles. The number of hydrogen-bond donors (Lipinski definition) is 2. The highest BCUT2D eigenvalue weighted by molar-refractivity contribution is 7.89. The minimum absolute atomic E-state index is 0.0416. The first-order valence-corrected chi connectivity index (χ1v) is 23.7. The van der Waals surface area contributed by atoms with Crippen molar-refractivity contribution in [3.63, 3.8) is 0 Å². The Hall–Kier alpha value is -5.50. The van der Waals surface area contributed by atoms with Gasteiger partial charge in [-0.05, 0) is 75.2 Å². The molecule has 8 rings (SSSR count). The van der Waals surface area contributed by atoms with E-state index in [1.54, 1.807) is 113 Å². The number of carbonyl (C=O) groups excluding carboxylic acids is 2. The number of esters is 2. The number of aromatic nitrogens is 2. The molecule has 0 unspecified atom stereocenters. The Morgan fingerprint density at radius 2 is 0.984 bits per heavy atom. The highest BCUT2D eigenvalue weighted by atomic mass is 32.2. The van der Waals surface area contributed by atoms with Crippen molar-refractivity contribution < 1.29 is 46.1 Å². The van der Waals surface area contributed by atoms with Crippen molar-refractivity contribution in [1.29, 1.82) is 0 Å². The average Bonchev–Trinajstić information content (AvgIpc) is 3.69. The number of sulfonamides is 2. The summed E-state index contributed by atoms with van der Waals surface area (Å²) in [7, 11) is -5.60. The van der Waals surface area contributed by atoms with E-state index in [0.717, 1.165) is 0 Å². The molecule has 4 aliphatic rings. The van der Waals surface area contributed by atoms with Crippen LogP contribution in [0.15, 0.2) is 104 Å². The number of aliphatic hydroxyl groups is 2. The third-order valence-electron chi connectivity index (χ3n) is 13.0. The number of rotatable bonds is 10. The van der Waals surface area contributed by atoms with E-state index in [1.165, 1.54) is 44.1 Å². The average molecular weight is 917 g/mol. The molecule has 8 atom stereocenters. The fourth-order valence-corrected chi connectivity index (χ4v) is 14.3. The van der Waals surface area contributed by atoms with E-state index in [4.69, 9.17) is 9.47 Å². The van der Waals surface area contributed by atoms with Gasteiger partial charge in [-0.1, -0.05) is 60.7 Å². The number of hydrogen-bond acceptors (Lipinski definition) is 12. The van der Waals surface area contributed by atoms with Gasteiger partial charge in [-0.15, -0.1) is 0 Å². The summed E-state index contributed by atoms with van der Waals surface area (Å²) in [6.07, 6.45) is 6.89. The molecule has 18 heteroatoms. The second kappa shape index (κ2) is 18.2. The zero-order valence-corrected chi connectivity index (χ0v) is 37.9. The summed E-state index contributed by atoms with van der Waals surface area (Å²) in [5.41, 5.74) is 2.42. The lowest BCUT2D eigenvalue weighted by Crippen LogP contribution is -2.49. The molecule has 2 fully saturated rings. The normalized spacial score (nSPS) is 25.1. The molecule has 0 radical (unpaired) electrons. The Balaban J connectivity index is 0.000000191. The van der Waals surface area contributed by atoms with Gasteiger partial charge in [0, 0.05) is 72.7 Å². The van der Waals surface area contributed by atoms with Crippen LogP contribution in [-0.4, -0.2) is 96.2 Å². The van der Waals surface area contributed by atoms with Crippen LogP contribution in [0.25, 0.3) is 12.2 Å². The fraction of sp³-hybridized carbons (Fsp3) is 0.391. The van der Waals surface area contributed by atoms with Crippen LogP contribution in [0.1, 0.15) is 59.6 Å². The Morgan fingerprint density at radius 1 is 0.625 bits per heavy atom. The van der Waals surface area contributed by atoms with Crippen LogP contribution in [0.5, 0.6) is 0 Å². The quantitative estimate of drug-likeness (QED) is 0.219. The first kappa shape index (κ1) is 46.5. The number of methoxy groups -OCH3 is 2. The molecule has 340 valence electrons. The molecule has 2 saturated heterocycles. The molecule has 64 heavy (non-hydrogen) atoms. The maximum atomic E-state index is 13.8. The van der Waals surface area contributed by atoms with Gasteiger partial charge in [0.15, 0.2) is 0 Å². The highest BCUT2D eigenvalue weighted by Crippen LogP contribution is 2.53. The molecule has 4 aliphatic heterocycles. The SMILES string of the molecule is C/C=C/c1ccc2n(c1=O)C[C@H]1[C@H](CO)[C@@H](C(=O)OC)[C@@H]2N1S(=O)(=O)c1ccccc1C.C/C=C\c1ccc2n(c1=O)C[C@H]1[C@H](CO)[C@@H](C(=O)OC)[C@@H]2N1S(=O)(=O)c1ccccc1C. The number of aliphatic hydroxyl groups excluding tert-OH is 2. The third-order valence-corrected chi connectivity index (χ3v) is 17.1. The van der Waals surface area contributed by atoms with Gasteiger partial charge in [-0.3, -0.25) is 19.2 Å². The van der Waals surface area contributed by atoms with Gasteiger partial charge in [0.1, 0.15) is 0 Å². The van der Waals surface area contributed by atoms with E-state index in [2.05, 4.69) is 0 Å². The Morgan fingerprint density at radius 3 is 1.30 bits per heavy atom. The van der Waals surface area contributed by atoms with Gasteiger partial charge in [0.25, 0.3) is 11.1 Å². The van der Waals surface area contributed by atoms with E-state index in [1.807, 2.05) is 0 Å². The lowest BCUT2D eigenvalue weighted by molar-refractivity contribution is -0.148. The van der Waals surface area contributed by atoms with E-state index in [9.17, 15) is 46.2 Å². The lowest BCUT2D eigenvalue weighted by atomic mass is 9.87. The number of benzene rings is 2. The predicted octanol–water partition coefficient (Wildman–Crippen LogP) is 3.43. The third kappa shape index (κ3) is 7.48. The van der Waals surface area contributed by atoms with E-state index in [0.29, 0.717) is 33.6 Å². The monoisotopic (exact) mass is 916 g/mol. The Labute approximate surface area is 371 Å². The second-order valence-corrected chi connectivity index (χ2v) is 19.9. The molecule has 0 amide bonds. The maximum Gasteiger partial charge on any atom is 0.311 e. The highest BCUT2D eigenvalue weighted by Gasteiger charge is 2.62. The van der Waals surface area contributed by atoms with Crippen molar-refractivity contribution in [2.75, 3.05) is 27.4 Å². The Kier molecular flexibility index (Phi) is 13.2. The summed E-state index contributed by atoms with van der Waals surface area (Å²) in [5.74, 6) is -4.52. The number of ether oxygens (including phenoxy) is 2. The minimum Gasteiger partial charge on any atom is -0.469 e. The number of carbonyl (C=O) groups is 2. The van der Waals surface area contributed by atoms with E-state index >= 15 is 0 Å². The summed E-state index contributed by atoms with van der Waals surface area (Å²) in [5, 5.41) is 20.4. The van der Waals surface area contributed by atoms with Crippen LogP contribution >= 0.6 is 0 Å². The molecule has 6 heterocycles. The first-order chi connectivity index (χ1) is 30.5. The van der Waals surface area contributed by atoms with Crippen molar-refractivity contribution in [2.45, 2.75) is 74.7 Å². The van der Waals surface area contributed by atoms with Crippen molar-refractivity contribution in [2.24, 2.45) is 23.7 Å². The minimum atomic E-state index is -4.04. The molecule has 2 aromatic carbocycles. The fourth-order valence-electron chi connectivity index (χ4n) is 10.1. The van der Waals surface area contributed by atoms with Crippen molar-refractivity contribution >= 4 is 44.1 Å². The predicted molar refractivity (Wildman–Crippen MR) is 236 cm³/mol. The van der Waals surface area contributed by atoms with Gasteiger partial charge >= 0.3 is 11.9 Å². The van der Waals surface area contributed by atoms with Crippen molar-refractivity contribution in [1.82, 2.24) is 17.7 Å². The maximum absolute atomic E-state index is 13.8. The van der Waals surface area contributed by atoms with Gasteiger partial charge in [-0.2, -0.15) is 8.61 Å². The molecule has 2 N–H and O–H groups in total. The van der Waals surface area contributed by atoms with Crippen molar-refractivity contribution in [3.8, 4) is 0 Å². The van der Waals surface area contributed by atoms with Gasteiger partial charge < -0.3 is 28.8 Å². The van der Waals surface area contributed by atoms with Crippen LogP contribution in [0.2, 0.25) is 0 Å². The zero-order valence-electron chi connectivity index (χ0n) is 36.3. The molecular formula is C46H52N4O12S2. The number of nitrogens with zero attached hydrogens (tertiary/aromatic N) is 4. The molecule has 0 spiro atoms. The van der Waals surface area contributed by atoms with Crippen molar-refractivity contribution in [3.05, 3.63) is 139 Å². The number of fused-ring (bicyclic) bond motifs is 8. The van der Waals surface area contributed by atoms with Crippen LogP contribution in [0.4, 0.5) is 0 Å². The molecule has 4 aromatic rings. The molecule has 2 aromatic heterocycles. The van der Waals surface area contributed by atoms with E-state index in [-0.39, 0.29) is 34.0 Å². The molecular weight excluding hydrogens is 865 g/mol. The van der Waals surface area contributed by atoms with Gasteiger partial charge in [0.2, 0.25) is 20.0 Å². The molecule has 16 nitrogen and oxygen atoms in total. The first-order valence-electron chi connectivity index (χ1n) is 20.8. The topological polar surface area (TPSA) is 212 Å². The summed E-state index contributed by atoms with van der Waals surface area (Å²) in [4.78, 5) is 52.1. The number of aryl methyl sites for hydroxylation is 2. The zero-order chi connectivity index (χ0) is 46.4. The van der Waals surface area contributed by atoms with E-state index < -0.39 is 93.0 Å². The van der Waals surface area contributed by atoms with Gasteiger partial charge in [0.05, 0.1) is 47.9 Å². The summed E-state index contributed by atoms with van der Waals surface area (Å²) in [6, 6.07) is 16.5. The van der Waals surface area contributed by atoms with Gasteiger partial charge in [-0.25, -0.2) is 16.8 Å². The summed E-state index contributed by atoms with van der Waals surface area (Å²) < 4.78 is 71.1. The summed E-state index contributed by atoms with van der Waals surface area (Å²) in [6.45, 7) is 6.29. The Bertz CT molecular complexity index is 2690. The standard InChI is InChI=1S/2C23H26N2O6S/c2*1-4-7-15-10-11-17-21-20(23(28)31-3)16(13-26)18(12-24(17)22(15)27)25(21)32(29,30)19-9-6-5-8-14(19)2/h2*4-11,16,18,20-21,26H,12-13H2,1-3H3/b7-4+;7-4-/t2*16-,18-,20+,21+/m00/s1. The lowest BCUT2D eigenvalue weighted by Gasteiger charge is -2.37. The van der Waals surface area contributed by atoms with Crippen LogP contribution in [0, 0.1) is 37.5 Å². The second-order valence-electron chi connectivity index (χ2n) is 16.3. The molecule has 4 bridgehead atoms. The van der Waals surface area contributed by atoms with Crippen LogP contribution in [0.3, 0.4) is 0 Å². The smallest absolute Gasteiger partial charge is 0.311 e. The van der Waals surface area contributed by atoms with Crippen LogP contribution in [-0.2, 0) is 52.2 Å².